The van der Waals surface area contributed by atoms with Crippen molar-refractivity contribution in [2.75, 3.05) is 25.5 Å². The van der Waals surface area contributed by atoms with Crippen LogP contribution in [-0.4, -0.2) is 31.1 Å². The van der Waals surface area contributed by atoms with Crippen LogP contribution in [0, 0.1) is 19.8 Å². The third kappa shape index (κ3) is 3.26. The smallest absolute Gasteiger partial charge is 0.0372 e. The molecule has 1 aliphatic heterocycles. The first kappa shape index (κ1) is 13.4. The normalized spacial score (nSPS) is 19.8. The van der Waals surface area contributed by atoms with Crippen LogP contribution in [-0.2, 0) is 0 Å². The highest BCUT2D eigenvalue weighted by Gasteiger charge is 2.22. The molecule has 0 saturated carbocycles. The summed E-state index contributed by atoms with van der Waals surface area (Å²) in [4.78, 5) is 2.43. The molecule has 0 bridgehead atoms. The Kier molecular flexibility index (Phi) is 4.28. The second-order valence-corrected chi connectivity index (χ2v) is 5.89. The molecule has 2 heteroatoms. The monoisotopic (exact) mass is 246 g/mol. The van der Waals surface area contributed by atoms with Crippen molar-refractivity contribution < 1.29 is 0 Å². The summed E-state index contributed by atoms with van der Waals surface area (Å²) in [5.74, 6) is 0.807. The van der Waals surface area contributed by atoms with E-state index in [9.17, 15) is 0 Å². The van der Waals surface area contributed by atoms with E-state index in [0.29, 0.717) is 6.04 Å². The molecule has 100 valence electrons. The number of rotatable bonds is 3. The first-order valence-electron chi connectivity index (χ1n) is 7.08. The van der Waals surface area contributed by atoms with E-state index in [2.05, 4.69) is 56.2 Å². The van der Waals surface area contributed by atoms with Gasteiger partial charge >= 0.3 is 0 Å². The molecule has 1 fully saturated rings. The Balaban J connectivity index is 1.96. The van der Waals surface area contributed by atoms with Gasteiger partial charge in [0.25, 0.3) is 0 Å². The Hall–Kier alpha value is -1.02. The van der Waals surface area contributed by atoms with Crippen LogP contribution in [0.4, 0.5) is 5.69 Å². The molecule has 1 unspecified atom stereocenters. The van der Waals surface area contributed by atoms with Gasteiger partial charge < -0.3 is 10.2 Å². The standard InChI is InChI=1S/C16H26N2/c1-12-5-6-16(13(2)11-12)17-14(3)15-7-9-18(4)10-8-15/h5-6,11,14-15,17H,7-10H2,1-4H3. The molecule has 1 aliphatic rings. The van der Waals surface area contributed by atoms with Crippen LogP contribution in [0.5, 0.6) is 0 Å². The summed E-state index contributed by atoms with van der Waals surface area (Å²) in [5, 5.41) is 3.70. The van der Waals surface area contributed by atoms with Gasteiger partial charge in [0.15, 0.2) is 0 Å². The van der Waals surface area contributed by atoms with Gasteiger partial charge in [0.05, 0.1) is 0 Å². The number of benzene rings is 1. The molecule has 1 atom stereocenters. The van der Waals surface area contributed by atoms with Crippen LogP contribution in [0.3, 0.4) is 0 Å². The van der Waals surface area contributed by atoms with E-state index in [1.54, 1.807) is 0 Å². The fraction of sp³-hybridized carbons (Fsp3) is 0.625. The van der Waals surface area contributed by atoms with Crippen molar-refractivity contribution in [3.63, 3.8) is 0 Å². The van der Waals surface area contributed by atoms with Gasteiger partial charge in [0.1, 0.15) is 0 Å². The number of hydrogen-bond donors (Lipinski definition) is 1. The predicted molar refractivity (Wildman–Crippen MR) is 79.2 cm³/mol. The SMILES string of the molecule is Cc1ccc(NC(C)C2CCN(C)CC2)c(C)c1. The highest BCUT2D eigenvalue weighted by atomic mass is 15.1. The maximum Gasteiger partial charge on any atom is 0.0372 e. The van der Waals surface area contributed by atoms with Crippen molar-refractivity contribution in [2.45, 2.75) is 39.7 Å². The Morgan fingerprint density at radius 1 is 1.22 bits per heavy atom. The van der Waals surface area contributed by atoms with Crippen molar-refractivity contribution in [2.24, 2.45) is 5.92 Å². The highest BCUT2D eigenvalue weighted by molar-refractivity contribution is 5.52. The lowest BCUT2D eigenvalue weighted by Gasteiger charge is -2.33. The van der Waals surface area contributed by atoms with Crippen LogP contribution in [0.15, 0.2) is 18.2 Å². The maximum atomic E-state index is 3.70. The van der Waals surface area contributed by atoms with Gasteiger partial charge in [0, 0.05) is 11.7 Å². The molecule has 2 rings (SSSR count). The van der Waals surface area contributed by atoms with Crippen molar-refractivity contribution >= 4 is 5.69 Å². The van der Waals surface area contributed by atoms with E-state index in [4.69, 9.17) is 0 Å². The van der Waals surface area contributed by atoms with Crippen LogP contribution >= 0.6 is 0 Å². The Bertz CT molecular complexity index is 392. The maximum absolute atomic E-state index is 3.70. The minimum atomic E-state index is 0.570. The van der Waals surface area contributed by atoms with Gasteiger partial charge in [-0.3, -0.25) is 0 Å². The second-order valence-electron chi connectivity index (χ2n) is 5.89. The number of nitrogens with one attached hydrogen (secondary N) is 1. The number of nitrogens with zero attached hydrogens (tertiary/aromatic N) is 1. The molecule has 18 heavy (non-hydrogen) atoms. The fourth-order valence-electron chi connectivity index (χ4n) is 2.87. The molecular formula is C16H26N2. The Labute approximate surface area is 111 Å². The zero-order chi connectivity index (χ0) is 13.1. The van der Waals surface area contributed by atoms with Gasteiger partial charge in [-0.1, -0.05) is 17.7 Å². The van der Waals surface area contributed by atoms with Crippen LogP contribution in [0.2, 0.25) is 0 Å². The first-order valence-corrected chi connectivity index (χ1v) is 7.08. The molecule has 1 aromatic rings. The summed E-state index contributed by atoms with van der Waals surface area (Å²) in [7, 11) is 2.22. The first-order chi connectivity index (χ1) is 8.56. The topological polar surface area (TPSA) is 15.3 Å². The molecule has 0 amide bonds. The van der Waals surface area contributed by atoms with Crippen molar-refractivity contribution in [3.8, 4) is 0 Å². The van der Waals surface area contributed by atoms with Crippen molar-refractivity contribution in [3.05, 3.63) is 29.3 Å². The Morgan fingerprint density at radius 2 is 1.89 bits per heavy atom. The van der Waals surface area contributed by atoms with Crippen LogP contribution in [0.25, 0.3) is 0 Å². The van der Waals surface area contributed by atoms with Gasteiger partial charge in [0.2, 0.25) is 0 Å². The van der Waals surface area contributed by atoms with Crippen molar-refractivity contribution in [1.29, 1.82) is 0 Å². The molecule has 1 heterocycles. The zero-order valence-electron chi connectivity index (χ0n) is 12.2. The van der Waals surface area contributed by atoms with Crippen LogP contribution < -0.4 is 5.32 Å². The number of piperidine rings is 1. The minimum absolute atomic E-state index is 0.570. The number of hydrogen-bond acceptors (Lipinski definition) is 2. The molecule has 0 aromatic heterocycles. The van der Waals surface area contributed by atoms with E-state index < -0.39 is 0 Å². The lowest BCUT2D eigenvalue weighted by Crippen LogP contribution is -2.37. The van der Waals surface area contributed by atoms with Gasteiger partial charge in [-0.2, -0.15) is 0 Å². The summed E-state index contributed by atoms with van der Waals surface area (Å²) < 4.78 is 0. The number of anilines is 1. The molecule has 1 aromatic carbocycles. The van der Waals surface area contributed by atoms with E-state index in [0.717, 1.165) is 5.92 Å². The lowest BCUT2D eigenvalue weighted by molar-refractivity contribution is 0.208. The van der Waals surface area contributed by atoms with E-state index >= 15 is 0 Å². The molecule has 0 radical (unpaired) electrons. The summed E-state index contributed by atoms with van der Waals surface area (Å²) >= 11 is 0. The summed E-state index contributed by atoms with van der Waals surface area (Å²) in [5.41, 5.74) is 3.99. The highest BCUT2D eigenvalue weighted by Crippen LogP contribution is 2.24. The van der Waals surface area contributed by atoms with Gasteiger partial charge in [-0.25, -0.2) is 0 Å². The largest absolute Gasteiger partial charge is 0.382 e. The molecule has 0 spiro atoms. The van der Waals surface area contributed by atoms with Crippen LogP contribution in [0.1, 0.15) is 30.9 Å². The number of aryl methyl sites for hydroxylation is 2. The molecule has 1 saturated heterocycles. The second kappa shape index (κ2) is 5.75. The fourth-order valence-corrected chi connectivity index (χ4v) is 2.87. The molecular weight excluding hydrogens is 220 g/mol. The quantitative estimate of drug-likeness (QED) is 0.879. The van der Waals surface area contributed by atoms with E-state index in [1.807, 2.05) is 0 Å². The lowest BCUT2D eigenvalue weighted by atomic mass is 9.90. The molecule has 2 nitrogen and oxygen atoms in total. The average molecular weight is 246 g/mol. The van der Waals surface area contributed by atoms with E-state index in [-0.39, 0.29) is 0 Å². The summed E-state index contributed by atoms with van der Waals surface area (Å²) in [6.07, 6.45) is 2.63. The number of likely N-dealkylation sites (tertiary alicyclic amines) is 1. The minimum Gasteiger partial charge on any atom is -0.382 e. The van der Waals surface area contributed by atoms with E-state index in [1.165, 1.54) is 42.7 Å². The molecule has 0 aliphatic carbocycles. The molecule has 1 N–H and O–H groups in total. The van der Waals surface area contributed by atoms with Gasteiger partial charge in [-0.05, 0) is 71.3 Å². The summed E-state index contributed by atoms with van der Waals surface area (Å²) in [6.45, 7) is 9.15. The summed E-state index contributed by atoms with van der Waals surface area (Å²) in [6, 6.07) is 7.23. The zero-order valence-corrected chi connectivity index (χ0v) is 12.2. The average Bonchev–Trinajstić information content (AvgIpc) is 2.33. The Morgan fingerprint density at radius 3 is 2.50 bits per heavy atom. The van der Waals surface area contributed by atoms with Crippen molar-refractivity contribution in [1.82, 2.24) is 4.90 Å². The predicted octanol–water partition coefficient (Wildman–Crippen LogP) is 3.45. The third-order valence-corrected chi connectivity index (χ3v) is 4.24. The third-order valence-electron chi connectivity index (χ3n) is 4.24. The van der Waals surface area contributed by atoms with Gasteiger partial charge in [-0.15, -0.1) is 0 Å².